The molecule has 3 rings (SSSR count). The minimum Gasteiger partial charge on any atom is -0.323 e. The third-order valence-corrected chi connectivity index (χ3v) is 5.81. The van der Waals surface area contributed by atoms with Crippen molar-refractivity contribution >= 4 is 11.6 Å². The largest absolute Gasteiger partial charge is 0.323 e. The maximum absolute atomic E-state index is 5.96. The van der Waals surface area contributed by atoms with Crippen LogP contribution in [0.2, 0.25) is 5.02 Å². The van der Waals surface area contributed by atoms with Gasteiger partial charge in [-0.2, -0.15) is 0 Å². The van der Waals surface area contributed by atoms with E-state index < -0.39 is 0 Å². The standard InChI is InChI=1S/C18H27ClN2/c1-15-2-8-18(9-3-15)21-12-10-20(11-13-21)14-16-4-6-17(19)7-5-16/h4-7,15,18H,2-3,8-14H2,1H3/p+2. The maximum atomic E-state index is 5.96. The lowest BCUT2D eigenvalue weighted by Crippen LogP contribution is -3.29. The van der Waals surface area contributed by atoms with E-state index in [1.807, 2.05) is 17.0 Å². The fourth-order valence-corrected chi connectivity index (χ4v) is 4.19. The Bertz CT molecular complexity index is 429. The molecule has 0 unspecified atom stereocenters. The summed E-state index contributed by atoms with van der Waals surface area (Å²) in [6.07, 6.45) is 5.83. The van der Waals surface area contributed by atoms with E-state index in [1.54, 1.807) is 4.90 Å². The molecule has 1 aliphatic carbocycles. The van der Waals surface area contributed by atoms with E-state index in [-0.39, 0.29) is 0 Å². The summed E-state index contributed by atoms with van der Waals surface area (Å²) in [7, 11) is 0. The molecule has 0 radical (unpaired) electrons. The second-order valence-electron chi connectivity index (χ2n) is 7.17. The zero-order valence-corrected chi connectivity index (χ0v) is 14.0. The lowest BCUT2D eigenvalue weighted by Gasteiger charge is -2.37. The molecule has 1 saturated heterocycles. The highest BCUT2D eigenvalue weighted by Crippen LogP contribution is 2.21. The van der Waals surface area contributed by atoms with Gasteiger partial charge in [-0.3, -0.25) is 0 Å². The van der Waals surface area contributed by atoms with Crippen LogP contribution in [0.1, 0.15) is 38.2 Å². The van der Waals surface area contributed by atoms with Crippen LogP contribution >= 0.6 is 11.6 Å². The second kappa shape index (κ2) is 7.13. The molecule has 1 aromatic rings. The smallest absolute Gasteiger partial charge is 0.127 e. The first kappa shape index (κ1) is 15.3. The fourth-order valence-electron chi connectivity index (χ4n) is 4.07. The Morgan fingerprint density at radius 3 is 2.19 bits per heavy atom. The van der Waals surface area contributed by atoms with E-state index in [9.17, 15) is 0 Å². The number of quaternary nitrogens is 2. The summed E-state index contributed by atoms with van der Waals surface area (Å²) in [4.78, 5) is 3.63. The molecule has 0 atom stereocenters. The van der Waals surface area contributed by atoms with Gasteiger partial charge in [0.25, 0.3) is 0 Å². The molecule has 116 valence electrons. The molecule has 21 heavy (non-hydrogen) atoms. The molecule has 0 bridgehead atoms. The first-order valence-corrected chi connectivity index (χ1v) is 9.01. The number of hydrogen-bond donors (Lipinski definition) is 2. The molecule has 0 aromatic heterocycles. The van der Waals surface area contributed by atoms with Crippen molar-refractivity contribution < 1.29 is 9.80 Å². The van der Waals surface area contributed by atoms with Gasteiger partial charge in [-0.1, -0.05) is 30.7 Å². The Morgan fingerprint density at radius 1 is 0.952 bits per heavy atom. The topological polar surface area (TPSA) is 8.88 Å². The zero-order valence-electron chi connectivity index (χ0n) is 13.2. The van der Waals surface area contributed by atoms with Gasteiger partial charge in [-0.15, -0.1) is 0 Å². The lowest BCUT2D eigenvalue weighted by atomic mass is 9.86. The van der Waals surface area contributed by atoms with Crippen molar-refractivity contribution in [3.63, 3.8) is 0 Å². The van der Waals surface area contributed by atoms with Crippen LogP contribution < -0.4 is 9.80 Å². The molecule has 2 N–H and O–H groups in total. The van der Waals surface area contributed by atoms with Gasteiger partial charge in [0, 0.05) is 10.6 Å². The molecule has 1 aromatic carbocycles. The third-order valence-electron chi connectivity index (χ3n) is 5.56. The predicted molar refractivity (Wildman–Crippen MR) is 88.0 cm³/mol. The highest BCUT2D eigenvalue weighted by molar-refractivity contribution is 6.30. The van der Waals surface area contributed by atoms with Gasteiger partial charge in [0.1, 0.15) is 32.7 Å². The molecule has 2 nitrogen and oxygen atoms in total. The zero-order chi connectivity index (χ0) is 14.7. The summed E-state index contributed by atoms with van der Waals surface area (Å²) in [6.45, 7) is 8.95. The number of halogens is 1. The summed E-state index contributed by atoms with van der Waals surface area (Å²) >= 11 is 5.96. The summed E-state index contributed by atoms with van der Waals surface area (Å²) in [5, 5.41) is 0.842. The van der Waals surface area contributed by atoms with Crippen LogP contribution in [0.25, 0.3) is 0 Å². The summed E-state index contributed by atoms with van der Waals surface area (Å²) in [6, 6.07) is 9.34. The Morgan fingerprint density at radius 2 is 1.57 bits per heavy atom. The van der Waals surface area contributed by atoms with Crippen LogP contribution in [0.4, 0.5) is 0 Å². The van der Waals surface area contributed by atoms with Gasteiger partial charge in [-0.25, -0.2) is 0 Å². The van der Waals surface area contributed by atoms with E-state index in [2.05, 4.69) is 19.1 Å². The van der Waals surface area contributed by atoms with Gasteiger partial charge >= 0.3 is 0 Å². The molecular weight excluding hydrogens is 280 g/mol. The van der Waals surface area contributed by atoms with E-state index in [0.29, 0.717) is 0 Å². The number of hydrogen-bond acceptors (Lipinski definition) is 0. The molecule has 2 fully saturated rings. The molecule has 1 heterocycles. The number of benzene rings is 1. The van der Waals surface area contributed by atoms with Crippen LogP contribution in [0, 0.1) is 5.92 Å². The van der Waals surface area contributed by atoms with Gasteiger partial charge in [0.15, 0.2) is 0 Å². The van der Waals surface area contributed by atoms with Crippen LogP contribution in [0.3, 0.4) is 0 Å². The average molecular weight is 309 g/mol. The van der Waals surface area contributed by atoms with Crippen molar-refractivity contribution in [2.45, 2.75) is 45.2 Å². The minimum absolute atomic E-state index is 0.842. The van der Waals surface area contributed by atoms with Crippen molar-refractivity contribution in [2.75, 3.05) is 26.2 Å². The first-order valence-electron chi connectivity index (χ1n) is 8.63. The molecule has 3 heteroatoms. The van der Waals surface area contributed by atoms with Gasteiger partial charge in [-0.05, 0) is 43.7 Å². The van der Waals surface area contributed by atoms with Gasteiger partial charge < -0.3 is 9.80 Å². The summed E-state index contributed by atoms with van der Waals surface area (Å²) in [5.41, 5.74) is 1.42. The van der Waals surface area contributed by atoms with Crippen LogP contribution in [0.15, 0.2) is 24.3 Å². The van der Waals surface area contributed by atoms with Crippen LogP contribution in [0.5, 0.6) is 0 Å². The van der Waals surface area contributed by atoms with Crippen LogP contribution in [-0.2, 0) is 6.54 Å². The Balaban J connectivity index is 1.45. The van der Waals surface area contributed by atoms with Crippen molar-refractivity contribution in [3.05, 3.63) is 34.9 Å². The maximum Gasteiger partial charge on any atom is 0.127 e. The van der Waals surface area contributed by atoms with E-state index in [4.69, 9.17) is 11.6 Å². The van der Waals surface area contributed by atoms with Crippen molar-refractivity contribution in [2.24, 2.45) is 5.92 Å². The molecule has 1 saturated carbocycles. The monoisotopic (exact) mass is 308 g/mol. The van der Waals surface area contributed by atoms with Gasteiger partial charge in [0.05, 0.1) is 6.04 Å². The quantitative estimate of drug-likeness (QED) is 0.830. The van der Waals surface area contributed by atoms with Crippen molar-refractivity contribution in [3.8, 4) is 0 Å². The molecule has 0 spiro atoms. The highest BCUT2D eigenvalue weighted by Gasteiger charge is 2.31. The molecule has 0 amide bonds. The van der Waals surface area contributed by atoms with Crippen molar-refractivity contribution in [1.29, 1.82) is 0 Å². The molecular formula is C18H29ClN2+2. The molecule has 2 aliphatic rings. The Labute approximate surface area is 134 Å². The number of piperazine rings is 1. The first-order chi connectivity index (χ1) is 10.2. The Kier molecular flexibility index (Phi) is 5.20. The normalized spacial score (nSPS) is 33.8. The van der Waals surface area contributed by atoms with E-state index >= 15 is 0 Å². The molecule has 1 aliphatic heterocycles. The lowest BCUT2D eigenvalue weighted by molar-refractivity contribution is -1.03. The summed E-state index contributed by atoms with van der Waals surface area (Å²) in [5.74, 6) is 0.970. The van der Waals surface area contributed by atoms with E-state index in [0.717, 1.165) is 23.5 Å². The fraction of sp³-hybridized carbons (Fsp3) is 0.667. The van der Waals surface area contributed by atoms with E-state index in [1.165, 1.54) is 57.4 Å². The van der Waals surface area contributed by atoms with Crippen LogP contribution in [-0.4, -0.2) is 32.2 Å². The minimum atomic E-state index is 0.842. The van der Waals surface area contributed by atoms with Gasteiger partial charge in [0.2, 0.25) is 0 Å². The third kappa shape index (κ3) is 4.21. The average Bonchev–Trinajstić information content (AvgIpc) is 2.51. The summed E-state index contributed by atoms with van der Waals surface area (Å²) < 4.78 is 0. The predicted octanol–water partition coefficient (Wildman–Crippen LogP) is 1.20. The second-order valence-corrected chi connectivity index (χ2v) is 7.60. The Hall–Kier alpha value is -0.570. The SMILES string of the molecule is CC1CCC([NH+]2CC[NH+](Cc3ccc(Cl)cc3)CC2)CC1. The highest BCUT2D eigenvalue weighted by atomic mass is 35.5. The van der Waals surface area contributed by atoms with Crippen molar-refractivity contribution in [1.82, 2.24) is 0 Å². The number of rotatable bonds is 3. The number of nitrogens with one attached hydrogen (secondary N) is 2.